The van der Waals surface area contributed by atoms with Crippen molar-refractivity contribution in [1.29, 1.82) is 0 Å². The van der Waals surface area contributed by atoms with Crippen LogP contribution in [0.1, 0.15) is 34.0 Å². The first-order valence-electron chi connectivity index (χ1n) is 6.04. The number of aromatic nitrogens is 3. The first kappa shape index (κ1) is 11.0. The molecule has 0 spiro atoms. The average Bonchev–Trinajstić information content (AvgIpc) is 2.96. The number of hydrogen-bond acceptors (Lipinski definition) is 3. The Labute approximate surface area is 105 Å². The first-order chi connectivity index (χ1) is 8.72. The molecule has 2 N–H and O–H groups in total. The van der Waals surface area contributed by atoms with Gasteiger partial charge in [0.1, 0.15) is 5.82 Å². The van der Waals surface area contributed by atoms with E-state index in [1.165, 1.54) is 17.5 Å². The van der Waals surface area contributed by atoms with Gasteiger partial charge in [-0.05, 0) is 49.4 Å². The second-order valence-electron chi connectivity index (χ2n) is 4.54. The third-order valence-corrected chi connectivity index (χ3v) is 3.16. The summed E-state index contributed by atoms with van der Waals surface area (Å²) in [7, 11) is 0. The number of anilines is 1. The standard InChI is InChI=1S/C13H14N4O/c1-8-14-12(17-16-8)13(18)15-11-6-5-9-3-2-4-10(9)7-11/h5-7H,2-4H2,1H3,(H,15,18)(H,14,16,17). The van der Waals surface area contributed by atoms with Crippen LogP contribution in [-0.4, -0.2) is 21.1 Å². The van der Waals surface area contributed by atoms with Crippen LogP contribution in [0.15, 0.2) is 18.2 Å². The van der Waals surface area contributed by atoms with E-state index >= 15 is 0 Å². The third kappa shape index (κ3) is 1.99. The Bertz CT molecular complexity index is 603. The van der Waals surface area contributed by atoms with Crippen molar-refractivity contribution in [3.05, 3.63) is 41.0 Å². The van der Waals surface area contributed by atoms with Crippen LogP contribution >= 0.6 is 0 Å². The van der Waals surface area contributed by atoms with Crippen molar-refractivity contribution in [2.75, 3.05) is 5.32 Å². The normalized spacial score (nSPS) is 13.4. The Balaban J connectivity index is 1.78. The van der Waals surface area contributed by atoms with Crippen LogP contribution in [-0.2, 0) is 12.8 Å². The number of aromatic amines is 1. The van der Waals surface area contributed by atoms with Crippen molar-refractivity contribution in [3.8, 4) is 0 Å². The van der Waals surface area contributed by atoms with Gasteiger partial charge in [0, 0.05) is 5.69 Å². The van der Waals surface area contributed by atoms with Gasteiger partial charge >= 0.3 is 0 Å². The number of rotatable bonds is 2. The van der Waals surface area contributed by atoms with Gasteiger partial charge in [-0.2, -0.15) is 0 Å². The molecule has 0 aliphatic heterocycles. The highest BCUT2D eigenvalue weighted by Crippen LogP contribution is 2.24. The molecule has 0 fully saturated rings. The highest BCUT2D eigenvalue weighted by Gasteiger charge is 2.14. The monoisotopic (exact) mass is 242 g/mol. The van der Waals surface area contributed by atoms with Crippen molar-refractivity contribution in [3.63, 3.8) is 0 Å². The molecular formula is C13H14N4O. The zero-order valence-corrected chi connectivity index (χ0v) is 10.2. The molecule has 0 saturated carbocycles. The number of carbonyl (C=O) groups excluding carboxylic acids is 1. The lowest BCUT2D eigenvalue weighted by molar-refractivity contribution is 0.101. The lowest BCUT2D eigenvalue weighted by atomic mass is 10.1. The number of fused-ring (bicyclic) bond motifs is 1. The van der Waals surface area contributed by atoms with Gasteiger partial charge in [0.05, 0.1) is 0 Å². The summed E-state index contributed by atoms with van der Waals surface area (Å²) in [4.78, 5) is 15.9. The number of aryl methyl sites for hydroxylation is 3. The predicted octanol–water partition coefficient (Wildman–Crippen LogP) is 1.85. The van der Waals surface area contributed by atoms with Crippen LogP contribution in [0.25, 0.3) is 0 Å². The molecule has 1 aliphatic rings. The number of benzene rings is 1. The zero-order valence-electron chi connectivity index (χ0n) is 10.2. The number of hydrogen-bond donors (Lipinski definition) is 2. The Morgan fingerprint density at radius 2 is 2.17 bits per heavy atom. The maximum Gasteiger partial charge on any atom is 0.295 e. The second-order valence-corrected chi connectivity index (χ2v) is 4.54. The fourth-order valence-corrected chi connectivity index (χ4v) is 2.28. The molecular weight excluding hydrogens is 228 g/mol. The molecule has 5 heteroatoms. The van der Waals surface area contributed by atoms with Gasteiger partial charge < -0.3 is 5.32 Å². The van der Waals surface area contributed by atoms with Gasteiger partial charge in [0.25, 0.3) is 5.91 Å². The summed E-state index contributed by atoms with van der Waals surface area (Å²) in [6, 6.07) is 6.06. The lowest BCUT2D eigenvalue weighted by Crippen LogP contribution is -2.14. The summed E-state index contributed by atoms with van der Waals surface area (Å²) < 4.78 is 0. The van der Waals surface area contributed by atoms with Crippen molar-refractivity contribution in [2.24, 2.45) is 0 Å². The van der Waals surface area contributed by atoms with E-state index in [-0.39, 0.29) is 11.7 Å². The van der Waals surface area contributed by atoms with Gasteiger partial charge in [-0.25, -0.2) is 4.98 Å². The van der Waals surface area contributed by atoms with Gasteiger partial charge in [-0.3, -0.25) is 9.89 Å². The lowest BCUT2D eigenvalue weighted by Gasteiger charge is -2.05. The molecule has 18 heavy (non-hydrogen) atoms. The quantitative estimate of drug-likeness (QED) is 0.844. The number of nitrogens with one attached hydrogen (secondary N) is 2. The third-order valence-electron chi connectivity index (χ3n) is 3.16. The molecule has 1 aromatic heterocycles. The Kier molecular flexibility index (Phi) is 2.59. The molecule has 0 saturated heterocycles. The molecule has 92 valence electrons. The summed E-state index contributed by atoms with van der Waals surface area (Å²) in [5.41, 5.74) is 3.53. The minimum atomic E-state index is -0.280. The molecule has 0 atom stereocenters. The summed E-state index contributed by atoms with van der Waals surface area (Å²) >= 11 is 0. The fraction of sp³-hybridized carbons (Fsp3) is 0.308. The molecule has 0 bridgehead atoms. The molecule has 1 aliphatic carbocycles. The van der Waals surface area contributed by atoms with E-state index in [4.69, 9.17) is 0 Å². The molecule has 1 aromatic carbocycles. The van der Waals surface area contributed by atoms with Crippen LogP contribution in [0.4, 0.5) is 5.69 Å². The van der Waals surface area contributed by atoms with Gasteiger partial charge in [0.2, 0.25) is 5.82 Å². The van der Waals surface area contributed by atoms with E-state index in [0.717, 1.165) is 18.5 Å². The van der Waals surface area contributed by atoms with Crippen molar-refractivity contribution in [1.82, 2.24) is 15.2 Å². The van der Waals surface area contributed by atoms with Gasteiger partial charge in [-0.15, -0.1) is 5.10 Å². The minimum Gasteiger partial charge on any atom is -0.319 e. The van der Waals surface area contributed by atoms with Gasteiger partial charge in [-0.1, -0.05) is 6.07 Å². The van der Waals surface area contributed by atoms with E-state index in [1.54, 1.807) is 6.92 Å². The molecule has 0 unspecified atom stereocenters. The number of H-pyrrole nitrogens is 1. The average molecular weight is 242 g/mol. The van der Waals surface area contributed by atoms with Crippen LogP contribution < -0.4 is 5.32 Å². The Morgan fingerprint density at radius 1 is 1.33 bits per heavy atom. The van der Waals surface area contributed by atoms with E-state index < -0.39 is 0 Å². The number of nitrogens with zero attached hydrogens (tertiary/aromatic N) is 2. The van der Waals surface area contributed by atoms with Crippen LogP contribution in [0.2, 0.25) is 0 Å². The molecule has 1 heterocycles. The minimum absolute atomic E-state index is 0.174. The fourth-order valence-electron chi connectivity index (χ4n) is 2.28. The van der Waals surface area contributed by atoms with Gasteiger partial charge in [0.15, 0.2) is 0 Å². The molecule has 0 radical (unpaired) electrons. The molecule has 1 amide bonds. The number of carbonyl (C=O) groups is 1. The summed E-state index contributed by atoms with van der Waals surface area (Å²) in [5, 5.41) is 9.31. The smallest absolute Gasteiger partial charge is 0.295 e. The van der Waals surface area contributed by atoms with Crippen molar-refractivity contribution < 1.29 is 4.79 Å². The molecule has 2 aromatic rings. The van der Waals surface area contributed by atoms with Crippen LogP contribution in [0.3, 0.4) is 0 Å². The Hall–Kier alpha value is -2.17. The highest BCUT2D eigenvalue weighted by molar-refractivity contribution is 6.01. The first-order valence-corrected chi connectivity index (χ1v) is 6.04. The highest BCUT2D eigenvalue weighted by atomic mass is 16.2. The van der Waals surface area contributed by atoms with Crippen molar-refractivity contribution in [2.45, 2.75) is 26.2 Å². The molecule has 3 rings (SSSR count). The SMILES string of the molecule is Cc1nc(C(=O)Nc2ccc3c(c2)CCC3)n[nH]1. The van der Waals surface area contributed by atoms with E-state index in [2.05, 4.69) is 26.6 Å². The van der Waals surface area contributed by atoms with E-state index in [9.17, 15) is 4.79 Å². The maximum atomic E-state index is 11.9. The summed E-state index contributed by atoms with van der Waals surface area (Å²) in [6.07, 6.45) is 3.44. The zero-order chi connectivity index (χ0) is 12.5. The molecule has 5 nitrogen and oxygen atoms in total. The van der Waals surface area contributed by atoms with Crippen LogP contribution in [0, 0.1) is 6.92 Å². The number of amides is 1. The summed E-state index contributed by atoms with van der Waals surface area (Å²) in [6.45, 7) is 1.76. The summed E-state index contributed by atoms with van der Waals surface area (Å²) in [5.74, 6) is 0.527. The topological polar surface area (TPSA) is 70.7 Å². The second kappa shape index (κ2) is 4.25. The van der Waals surface area contributed by atoms with Crippen LogP contribution in [0.5, 0.6) is 0 Å². The Morgan fingerprint density at radius 3 is 2.94 bits per heavy atom. The largest absolute Gasteiger partial charge is 0.319 e. The maximum absolute atomic E-state index is 11.9. The van der Waals surface area contributed by atoms with E-state index in [0.29, 0.717) is 5.82 Å². The predicted molar refractivity (Wildman–Crippen MR) is 67.5 cm³/mol. The van der Waals surface area contributed by atoms with E-state index in [1.807, 2.05) is 12.1 Å². The van der Waals surface area contributed by atoms with Crippen molar-refractivity contribution >= 4 is 11.6 Å².